The van der Waals surface area contributed by atoms with E-state index in [0.717, 1.165) is 11.3 Å². The van der Waals surface area contributed by atoms with E-state index >= 15 is 0 Å². The van der Waals surface area contributed by atoms with Crippen LogP contribution in [-0.2, 0) is 0 Å². The summed E-state index contributed by atoms with van der Waals surface area (Å²) >= 11 is 0. The lowest BCUT2D eigenvalue weighted by atomic mass is 10.8. The summed E-state index contributed by atoms with van der Waals surface area (Å²) in [5.41, 5.74) is 0. The molecular weight excluding hydrogens is 140 g/mol. The van der Waals surface area contributed by atoms with Crippen molar-refractivity contribution < 1.29 is 0 Å². The molecule has 0 spiro atoms. The number of hydrogen-bond acceptors (Lipinski definition) is 2. The standard InChI is InChI=1S/C5H7OS2/c1-2-6-5-3-4-7-8-5/h3-4H,2H2,1H3/q+1. The van der Waals surface area contributed by atoms with Gasteiger partial charge in [-0.25, -0.2) is 4.42 Å². The first-order valence-electron chi connectivity index (χ1n) is 2.43. The van der Waals surface area contributed by atoms with Crippen molar-refractivity contribution in [3.05, 3.63) is 20.6 Å². The maximum Gasteiger partial charge on any atom is 0.411 e. The van der Waals surface area contributed by atoms with Crippen molar-refractivity contribution >= 4 is 20.7 Å². The first-order valence-corrected chi connectivity index (χ1v) is 4.64. The molecule has 0 radical (unpaired) electrons. The topological polar surface area (TPSA) is 11.3 Å². The first kappa shape index (κ1) is 5.98. The highest BCUT2D eigenvalue weighted by Gasteiger charge is 1.90. The second kappa shape index (κ2) is 2.99. The van der Waals surface area contributed by atoms with Gasteiger partial charge >= 0.3 is 4.74 Å². The summed E-state index contributed by atoms with van der Waals surface area (Å²) in [7, 11) is 3.36. The highest BCUT2D eigenvalue weighted by Crippen LogP contribution is 1.96. The van der Waals surface area contributed by atoms with Gasteiger partial charge in [0.2, 0.25) is 0 Å². The summed E-state index contributed by atoms with van der Waals surface area (Å²) in [5.74, 6) is 0. The summed E-state index contributed by atoms with van der Waals surface area (Å²) in [6.45, 7) is 2.76. The first-order chi connectivity index (χ1) is 3.93. The molecule has 1 heterocycles. The highest BCUT2D eigenvalue weighted by molar-refractivity contribution is 7.67. The van der Waals surface area contributed by atoms with Gasteiger partial charge in [0.05, 0.1) is 6.07 Å². The second-order valence-electron chi connectivity index (χ2n) is 1.23. The smallest absolute Gasteiger partial charge is 0.244 e. The van der Waals surface area contributed by atoms with E-state index < -0.39 is 0 Å². The average molecular weight is 147 g/mol. The Kier molecular flexibility index (Phi) is 2.24. The van der Waals surface area contributed by atoms with E-state index in [1.807, 2.05) is 18.4 Å². The lowest BCUT2D eigenvalue weighted by molar-refractivity contribution is 1.27. The average Bonchev–Trinajstić information content (AvgIpc) is 2.19. The molecule has 44 valence electrons. The van der Waals surface area contributed by atoms with Crippen LogP contribution in [0, 0.1) is 0 Å². The van der Waals surface area contributed by atoms with Gasteiger partial charge in [-0.2, -0.15) is 0 Å². The Morgan fingerprint density at radius 1 is 1.75 bits per heavy atom. The van der Waals surface area contributed by atoms with Crippen LogP contribution in [0.5, 0.6) is 0 Å². The largest absolute Gasteiger partial charge is 0.411 e. The van der Waals surface area contributed by atoms with Gasteiger partial charge in [-0.05, 0) is 0 Å². The Hall–Kier alpha value is -0.150. The molecule has 0 saturated carbocycles. The van der Waals surface area contributed by atoms with Crippen LogP contribution >= 0.6 is 20.7 Å². The molecule has 0 aliphatic heterocycles. The summed E-state index contributed by atoms with van der Waals surface area (Å²) in [5, 5.41) is 2.02. The fourth-order valence-corrected chi connectivity index (χ4v) is 2.03. The van der Waals surface area contributed by atoms with Gasteiger partial charge in [0.1, 0.15) is 0 Å². The van der Waals surface area contributed by atoms with Crippen molar-refractivity contribution in [2.45, 2.75) is 6.92 Å². The molecule has 0 fully saturated rings. The predicted octanol–water partition coefficient (Wildman–Crippen LogP) is 1.73. The maximum atomic E-state index is 5.17. The Morgan fingerprint density at radius 2 is 2.62 bits per heavy atom. The quantitative estimate of drug-likeness (QED) is 0.423. The van der Waals surface area contributed by atoms with E-state index in [9.17, 15) is 0 Å². The fourth-order valence-electron chi connectivity index (χ4n) is 0.401. The summed E-state index contributed by atoms with van der Waals surface area (Å²) in [6, 6.07) is 1.98. The number of hydrogen-bond donors (Lipinski definition) is 0. The molecule has 0 saturated heterocycles. The highest BCUT2D eigenvalue weighted by atomic mass is 32.9. The summed E-state index contributed by atoms with van der Waals surface area (Å²) < 4.78 is 6.20. The molecule has 1 nitrogen and oxygen atoms in total. The molecule has 0 unspecified atom stereocenters. The molecule has 0 atom stereocenters. The Bertz CT molecular complexity index is 181. The normalized spacial score (nSPS) is 12.4. The van der Waals surface area contributed by atoms with Crippen molar-refractivity contribution in [3.63, 3.8) is 0 Å². The SMILES string of the molecule is CC[O+]=c1ccss1. The molecule has 1 aromatic rings. The lowest BCUT2D eigenvalue weighted by Crippen LogP contribution is -1.89. The van der Waals surface area contributed by atoms with Crippen molar-refractivity contribution in [2.75, 3.05) is 6.61 Å². The Labute approximate surface area is 55.3 Å². The van der Waals surface area contributed by atoms with Crippen molar-refractivity contribution in [1.82, 2.24) is 0 Å². The third-order valence-corrected chi connectivity index (χ3v) is 2.55. The third kappa shape index (κ3) is 1.42. The van der Waals surface area contributed by atoms with Crippen LogP contribution in [0.15, 0.2) is 15.9 Å². The van der Waals surface area contributed by atoms with E-state index in [-0.39, 0.29) is 0 Å². The molecule has 0 aliphatic carbocycles. The van der Waals surface area contributed by atoms with Gasteiger partial charge in [-0.15, -0.1) is 0 Å². The van der Waals surface area contributed by atoms with Crippen molar-refractivity contribution in [1.29, 1.82) is 0 Å². The minimum Gasteiger partial charge on any atom is -0.244 e. The van der Waals surface area contributed by atoms with E-state index in [2.05, 4.69) is 0 Å². The molecule has 0 bridgehead atoms. The summed E-state index contributed by atoms with van der Waals surface area (Å²) in [6.07, 6.45) is 0. The maximum absolute atomic E-state index is 5.17. The van der Waals surface area contributed by atoms with Crippen LogP contribution in [0.2, 0.25) is 0 Å². The Morgan fingerprint density at radius 3 is 3.12 bits per heavy atom. The minimum absolute atomic E-state index is 0.771. The molecule has 0 amide bonds. The van der Waals surface area contributed by atoms with Gasteiger partial charge in [0, 0.05) is 22.6 Å². The number of rotatable bonds is 1. The molecular formula is C5H7OS2+. The van der Waals surface area contributed by atoms with Gasteiger partial charge < -0.3 is 0 Å². The third-order valence-electron chi connectivity index (χ3n) is 0.677. The zero-order chi connectivity index (χ0) is 5.82. The molecule has 8 heavy (non-hydrogen) atoms. The second-order valence-corrected chi connectivity index (χ2v) is 3.35. The zero-order valence-electron chi connectivity index (χ0n) is 4.59. The fraction of sp³-hybridized carbons (Fsp3) is 0.400. The van der Waals surface area contributed by atoms with Gasteiger partial charge in [0.15, 0.2) is 0 Å². The van der Waals surface area contributed by atoms with Crippen molar-refractivity contribution in [2.24, 2.45) is 0 Å². The van der Waals surface area contributed by atoms with E-state index in [1.54, 1.807) is 20.7 Å². The minimum atomic E-state index is 0.771. The monoisotopic (exact) mass is 147 g/mol. The zero-order valence-corrected chi connectivity index (χ0v) is 6.22. The molecule has 0 N–H and O–H groups in total. The van der Waals surface area contributed by atoms with Crippen LogP contribution in [0.25, 0.3) is 0 Å². The van der Waals surface area contributed by atoms with Crippen LogP contribution in [-0.4, -0.2) is 6.61 Å². The van der Waals surface area contributed by atoms with Crippen molar-refractivity contribution in [3.8, 4) is 0 Å². The van der Waals surface area contributed by atoms with E-state index in [4.69, 9.17) is 4.42 Å². The van der Waals surface area contributed by atoms with Crippen LogP contribution < -0.4 is 4.74 Å². The molecule has 3 heteroatoms. The lowest BCUT2D eigenvalue weighted by Gasteiger charge is -1.57. The molecule has 0 aliphatic rings. The van der Waals surface area contributed by atoms with Crippen LogP contribution in [0.3, 0.4) is 0 Å². The van der Waals surface area contributed by atoms with Crippen LogP contribution in [0.1, 0.15) is 6.92 Å². The summed E-state index contributed by atoms with van der Waals surface area (Å²) in [4.78, 5) is 0. The van der Waals surface area contributed by atoms with Gasteiger partial charge in [-0.1, -0.05) is 10.3 Å². The van der Waals surface area contributed by atoms with E-state index in [0.29, 0.717) is 0 Å². The van der Waals surface area contributed by atoms with E-state index in [1.165, 1.54) is 0 Å². The molecule has 1 rings (SSSR count). The Balaban J connectivity index is 2.91. The van der Waals surface area contributed by atoms with Crippen LogP contribution in [0.4, 0.5) is 0 Å². The molecule has 0 aromatic carbocycles. The predicted molar refractivity (Wildman–Crippen MR) is 39.0 cm³/mol. The molecule has 1 aromatic heterocycles. The van der Waals surface area contributed by atoms with Gasteiger partial charge in [-0.3, -0.25) is 0 Å². The van der Waals surface area contributed by atoms with Gasteiger partial charge in [0.25, 0.3) is 6.61 Å².